The van der Waals surface area contributed by atoms with Crippen LogP contribution in [0.1, 0.15) is 11.1 Å². The van der Waals surface area contributed by atoms with Crippen LogP contribution in [0.4, 0.5) is 18.9 Å². The zero-order valence-corrected chi connectivity index (χ0v) is 19.1. The van der Waals surface area contributed by atoms with Crippen molar-refractivity contribution >= 4 is 29.2 Å². The summed E-state index contributed by atoms with van der Waals surface area (Å²) in [5.41, 5.74) is 6.94. The maximum absolute atomic E-state index is 12.3. The molecule has 0 fully saturated rings. The highest BCUT2D eigenvalue weighted by atomic mass is 32.1. The lowest BCUT2D eigenvalue weighted by molar-refractivity contribution is -0.274. The van der Waals surface area contributed by atoms with E-state index >= 15 is 0 Å². The Morgan fingerprint density at radius 3 is 2.34 bits per heavy atom. The molecule has 0 aliphatic carbocycles. The van der Waals surface area contributed by atoms with E-state index in [-0.39, 0.29) is 5.75 Å². The second-order valence-corrected chi connectivity index (χ2v) is 7.77. The number of nitrogens with zero attached hydrogens (tertiary/aromatic N) is 4. The molecule has 0 saturated heterocycles. The average molecular weight is 497 g/mol. The number of rotatable bonds is 6. The third kappa shape index (κ3) is 6.87. The van der Waals surface area contributed by atoms with E-state index in [9.17, 15) is 13.2 Å². The first kappa shape index (κ1) is 23.9. The van der Waals surface area contributed by atoms with E-state index in [0.717, 1.165) is 22.4 Å². The summed E-state index contributed by atoms with van der Waals surface area (Å²) < 4.78 is 42.3. The van der Waals surface area contributed by atoms with Crippen LogP contribution in [-0.4, -0.2) is 32.5 Å². The maximum atomic E-state index is 12.3. The molecule has 4 rings (SSSR count). The summed E-state index contributed by atoms with van der Waals surface area (Å²) in [4.78, 5) is 4.27. The minimum atomic E-state index is -4.74. The molecule has 7 nitrogen and oxygen atoms in total. The highest BCUT2D eigenvalue weighted by Crippen LogP contribution is 2.24. The summed E-state index contributed by atoms with van der Waals surface area (Å²) in [5, 5.41) is 11.9. The van der Waals surface area contributed by atoms with Crippen LogP contribution in [-0.2, 0) is 0 Å². The van der Waals surface area contributed by atoms with Gasteiger partial charge in [-0.1, -0.05) is 42.0 Å². The lowest BCUT2D eigenvalue weighted by Crippen LogP contribution is -2.23. The van der Waals surface area contributed by atoms with Crippen molar-refractivity contribution in [3.63, 3.8) is 0 Å². The van der Waals surface area contributed by atoms with E-state index in [0.29, 0.717) is 16.6 Å². The van der Waals surface area contributed by atoms with Crippen LogP contribution in [0, 0.1) is 6.92 Å². The Balaban J connectivity index is 1.34. The third-order valence-electron chi connectivity index (χ3n) is 4.68. The lowest BCUT2D eigenvalue weighted by Gasteiger charge is -2.09. The quantitative estimate of drug-likeness (QED) is 0.210. The predicted molar refractivity (Wildman–Crippen MR) is 132 cm³/mol. The van der Waals surface area contributed by atoms with Gasteiger partial charge in [0.05, 0.1) is 11.9 Å². The Morgan fingerprint density at radius 1 is 1.00 bits per heavy atom. The van der Waals surface area contributed by atoms with Crippen LogP contribution in [0.2, 0.25) is 0 Å². The van der Waals surface area contributed by atoms with E-state index in [2.05, 4.69) is 30.7 Å². The number of hydrazone groups is 1. The number of aryl methyl sites for hydroxylation is 1. The highest BCUT2D eigenvalue weighted by Gasteiger charge is 2.31. The fourth-order valence-electron chi connectivity index (χ4n) is 3.00. The minimum Gasteiger partial charge on any atom is -0.406 e. The van der Waals surface area contributed by atoms with E-state index in [1.807, 2.05) is 55.5 Å². The summed E-state index contributed by atoms with van der Waals surface area (Å²) in [6.07, 6.45) is -1.63. The number of alkyl halides is 3. The molecule has 0 atom stereocenters. The van der Waals surface area contributed by atoms with Gasteiger partial charge in [-0.2, -0.15) is 5.10 Å². The van der Waals surface area contributed by atoms with E-state index in [1.54, 1.807) is 6.21 Å². The van der Waals surface area contributed by atoms with Crippen molar-refractivity contribution in [3.05, 3.63) is 90.3 Å². The summed E-state index contributed by atoms with van der Waals surface area (Å²) in [7, 11) is 0. The maximum Gasteiger partial charge on any atom is 0.573 e. The molecule has 0 amide bonds. The van der Waals surface area contributed by atoms with Gasteiger partial charge in [0, 0.05) is 11.3 Å². The molecule has 2 N–H and O–H groups in total. The van der Waals surface area contributed by atoms with Crippen molar-refractivity contribution in [2.24, 2.45) is 5.10 Å². The standard InChI is InChI=1S/C24H19F3N6OS/c1-16-2-8-19(9-3-16)30-23(35)31-29-14-17-4-6-18(7-5-17)22-28-15-33(32-22)20-10-12-21(13-11-20)34-24(25,26)27/h2-15H,1H3,(H2,30,31,35)/b29-14+. The number of nitrogens with one attached hydrogen (secondary N) is 2. The fraction of sp³-hybridized carbons (Fsp3) is 0.0833. The first-order chi connectivity index (χ1) is 16.7. The Labute approximate surface area is 204 Å². The number of thiocarbonyl (C=S) groups is 1. The number of hydrogen-bond acceptors (Lipinski definition) is 5. The molecule has 0 aliphatic heterocycles. The van der Waals surface area contributed by atoms with E-state index in [1.165, 1.54) is 35.3 Å². The van der Waals surface area contributed by atoms with Gasteiger partial charge in [-0.15, -0.1) is 18.3 Å². The topological polar surface area (TPSA) is 76.4 Å². The van der Waals surface area contributed by atoms with Crippen molar-refractivity contribution in [1.82, 2.24) is 20.2 Å². The summed E-state index contributed by atoms with van der Waals surface area (Å²) in [6.45, 7) is 2.01. The molecule has 0 radical (unpaired) electrons. The molecule has 0 saturated carbocycles. The monoisotopic (exact) mass is 496 g/mol. The number of hydrogen-bond donors (Lipinski definition) is 2. The molecule has 3 aromatic carbocycles. The molecule has 0 spiro atoms. The largest absolute Gasteiger partial charge is 0.573 e. The predicted octanol–water partition coefficient (Wildman–Crippen LogP) is 5.46. The lowest BCUT2D eigenvalue weighted by atomic mass is 10.1. The van der Waals surface area contributed by atoms with Crippen molar-refractivity contribution in [2.75, 3.05) is 5.32 Å². The molecule has 0 bridgehead atoms. The first-order valence-corrected chi connectivity index (χ1v) is 10.7. The zero-order chi connectivity index (χ0) is 24.8. The number of ether oxygens (including phenoxy) is 1. The molecule has 0 aliphatic rings. The van der Waals surface area contributed by atoms with Crippen molar-refractivity contribution < 1.29 is 17.9 Å². The SMILES string of the molecule is Cc1ccc(NC(=S)N/N=C/c2ccc(-c3ncn(-c4ccc(OC(F)(F)F)cc4)n3)cc2)cc1. The van der Waals surface area contributed by atoms with Gasteiger partial charge < -0.3 is 10.1 Å². The minimum absolute atomic E-state index is 0.306. The highest BCUT2D eigenvalue weighted by molar-refractivity contribution is 7.80. The molecule has 1 aromatic heterocycles. The number of anilines is 1. The molecule has 0 unspecified atom stereocenters. The Hall–Kier alpha value is -4.25. The molecule has 1 heterocycles. The average Bonchev–Trinajstić information content (AvgIpc) is 3.31. The molecule has 35 heavy (non-hydrogen) atoms. The van der Waals surface area contributed by atoms with Gasteiger partial charge in [-0.25, -0.2) is 9.67 Å². The van der Waals surface area contributed by atoms with Gasteiger partial charge in [0.15, 0.2) is 10.9 Å². The molecule has 4 aromatic rings. The van der Waals surface area contributed by atoms with Crippen LogP contribution >= 0.6 is 12.2 Å². The smallest absolute Gasteiger partial charge is 0.406 e. The van der Waals surface area contributed by atoms with Crippen molar-refractivity contribution in [3.8, 4) is 22.8 Å². The Morgan fingerprint density at radius 2 is 1.69 bits per heavy atom. The van der Waals surface area contributed by atoms with Crippen LogP contribution in [0.3, 0.4) is 0 Å². The first-order valence-electron chi connectivity index (χ1n) is 10.3. The number of halogens is 3. The molecule has 178 valence electrons. The van der Waals surface area contributed by atoms with Gasteiger partial charge in [0.1, 0.15) is 12.1 Å². The zero-order valence-electron chi connectivity index (χ0n) is 18.3. The summed E-state index contributed by atoms with van der Waals surface area (Å²) in [5.74, 6) is 0.158. The van der Waals surface area contributed by atoms with Gasteiger partial charge in [0.2, 0.25) is 0 Å². The second kappa shape index (κ2) is 10.3. The van der Waals surface area contributed by atoms with Gasteiger partial charge in [0.25, 0.3) is 0 Å². The molecular formula is C24H19F3N6OS. The normalized spacial score (nSPS) is 11.4. The van der Waals surface area contributed by atoms with Crippen LogP contribution in [0.5, 0.6) is 5.75 Å². The van der Waals surface area contributed by atoms with E-state index < -0.39 is 6.36 Å². The molecule has 11 heteroatoms. The van der Waals surface area contributed by atoms with Gasteiger partial charge in [-0.05, 0) is 61.1 Å². The van der Waals surface area contributed by atoms with Gasteiger partial charge in [-0.3, -0.25) is 5.43 Å². The van der Waals surface area contributed by atoms with Crippen molar-refractivity contribution in [1.29, 1.82) is 0 Å². The van der Waals surface area contributed by atoms with Crippen LogP contribution in [0.15, 0.2) is 84.2 Å². The number of aromatic nitrogens is 3. The Bertz CT molecular complexity index is 1320. The second-order valence-electron chi connectivity index (χ2n) is 7.37. The van der Waals surface area contributed by atoms with Gasteiger partial charge >= 0.3 is 6.36 Å². The van der Waals surface area contributed by atoms with Crippen LogP contribution < -0.4 is 15.5 Å². The van der Waals surface area contributed by atoms with E-state index in [4.69, 9.17) is 12.2 Å². The number of benzene rings is 3. The summed E-state index contributed by atoms with van der Waals surface area (Å²) in [6, 6.07) is 20.6. The summed E-state index contributed by atoms with van der Waals surface area (Å²) >= 11 is 5.23. The Kier molecular flexibility index (Phi) is 7.06. The molecular weight excluding hydrogens is 477 g/mol. The fourth-order valence-corrected chi connectivity index (χ4v) is 3.17. The van der Waals surface area contributed by atoms with Crippen molar-refractivity contribution in [2.45, 2.75) is 13.3 Å². The van der Waals surface area contributed by atoms with Crippen LogP contribution in [0.25, 0.3) is 17.1 Å². The third-order valence-corrected chi connectivity index (χ3v) is 4.88.